The molecular weight excluding hydrogens is 212 g/mol. The van der Waals surface area contributed by atoms with Crippen LogP contribution in [-0.4, -0.2) is 21.3 Å². The van der Waals surface area contributed by atoms with Gasteiger partial charge < -0.3 is 5.73 Å². The fourth-order valence-electron chi connectivity index (χ4n) is 2.76. The second kappa shape index (κ2) is 5.63. The van der Waals surface area contributed by atoms with Crippen LogP contribution in [0, 0.1) is 0 Å². The highest BCUT2D eigenvalue weighted by molar-refractivity contribution is 5.04. The van der Waals surface area contributed by atoms with Crippen molar-refractivity contribution >= 4 is 0 Å². The van der Waals surface area contributed by atoms with E-state index in [-0.39, 0.29) is 0 Å². The maximum atomic E-state index is 5.61. The molecule has 1 atom stereocenters. The third-order valence-corrected chi connectivity index (χ3v) is 3.82. The molecule has 0 aliphatic heterocycles. The molecule has 2 N–H and O–H groups in total. The van der Waals surface area contributed by atoms with Gasteiger partial charge in [-0.25, -0.2) is 4.98 Å². The Bertz CT molecular complexity index is 352. The molecule has 2 rings (SSSR count). The third-order valence-electron chi connectivity index (χ3n) is 3.82. The SMILES string of the molecule is CC(CCN)c1nc(C2CCCCC2)nn1C. The van der Waals surface area contributed by atoms with Gasteiger partial charge in [0, 0.05) is 18.9 Å². The summed E-state index contributed by atoms with van der Waals surface area (Å²) < 4.78 is 1.95. The zero-order valence-corrected chi connectivity index (χ0v) is 11.0. The lowest BCUT2D eigenvalue weighted by molar-refractivity contribution is 0.427. The molecule has 1 aromatic heterocycles. The van der Waals surface area contributed by atoms with E-state index in [1.54, 1.807) is 0 Å². The van der Waals surface area contributed by atoms with Gasteiger partial charge in [0.1, 0.15) is 5.82 Å². The zero-order chi connectivity index (χ0) is 12.3. The topological polar surface area (TPSA) is 56.7 Å². The van der Waals surface area contributed by atoms with Gasteiger partial charge in [0.25, 0.3) is 0 Å². The summed E-state index contributed by atoms with van der Waals surface area (Å²) in [4.78, 5) is 4.75. The first-order valence-corrected chi connectivity index (χ1v) is 6.83. The van der Waals surface area contributed by atoms with Crippen LogP contribution in [0.4, 0.5) is 0 Å². The highest BCUT2D eigenvalue weighted by atomic mass is 15.3. The maximum Gasteiger partial charge on any atom is 0.154 e. The van der Waals surface area contributed by atoms with Crippen molar-refractivity contribution in [3.8, 4) is 0 Å². The minimum atomic E-state index is 0.412. The summed E-state index contributed by atoms with van der Waals surface area (Å²) >= 11 is 0. The van der Waals surface area contributed by atoms with E-state index in [9.17, 15) is 0 Å². The van der Waals surface area contributed by atoms with Gasteiger partial charge in [0.15, 0.2) is 5.82 Å². The smallest absolute Gasteiger partial charge is 0.154 e. The minimum absolute atomic E-state index is 0.412. The summed E-state index contributed by atoms with van der Waals surface area (Å²) in [6.45, 7) is 2.90. The third kappa shape index (κ3) is 2.86. The van der Waals surface area contributed by atoms with Crippen molar-refractivity contribution in [1.29, 1.82) is 0 Å². The average molecular weight is 236 g/mol. The van der Waals surface area contributed by atoms with Gasteiger partial charge in [0.05, 0.1) is 0 Å². The monoisotopic (exact) mass is 236 g/mol. The van der Waals surface area contributed by atoms with Crippen LogP contribution in [0.25, 0.3) is 0 Å². The van der Waals surface area contributed by atoms with Crippen molar-refractivity contribution in [3.05, 3.63) is 11.6 Å². The molecule has 1 aliphatic carbocycles. The van der Waals surface area contributed by atoms with Crippen LogP contribution < -0.4 is 5.73 Å². The zero-order valence-electron chi connectivity index (χ0n) is 11.0. The first-order valence-electron chi connectivity index (χ1n) is 6.83. The standard InChI is InChI=1S/C13H24N4/c1-10(8-9-14)13-15-12(16-17(13)2)11-6-4-3-5-7-11/h10-11H,3-9,14H2,1-2H3. The van der Waals surface area contributed by atoms with Gasteiger partial charge >= 0.3 is 0 Å². The second-order valence-corrected chi connectivity index (χ2v) is 5.27. The first kappa shape index (κ1) is 12.6. The molecule has 0 bridgehead atoms. The molecule has 0 spiro atoms. The minimum Gasteiger partial charge on any atom is -0.330 e. The normalized spacial score (nSPS) is 19.5. The number of nitrogens with zero attached hydrogens (tertiary/aromatic N) is 3. The number of aromatic nitrogens is 3. The largest absolute Gasteiger partial charge is 0.330 e. The molecule has 0 amide bonds. The predicted molar refractivity (Wildman–Crippen MR) is 68.9 cm³/mol. The van der Waals surface area contributed by atoms with E-state index in [4.69, 9.17) is 10.7 Å². The Morgan fingerprint density at radius 1 is 1.35 bits per heavy atom. The molecule has 1 unspecified atom stereocenters. The van der Waals surface area contributed by atoms with E-state index in [1.165, 1.54) is 32.1 Å². The van der Waals surface area contributed by atoms with Gasteiger partial charge in [-0.15, -0.1) is 0 Å². The van der Waals surface area contributed by atoms with Crippen LogP contribution in [0.15, 0.2) is 0 Å². The fraction of sp³-hybridized carbons (Fsp3) is 0.846. The van der Waals surface area contributed by atoms with Gasteiger partial charge in [-0.05, 0) is 25.8 Å². The molecule has 4 heteroatoms. The van der Waals surface area contributed by atoms with Gasteiger partial charge in [-0.3, -0.25) is 4.68 Å². The number of nitrogens with two attached hydrogens (primary N) is 1. The molecule has 1 aromatic rings. The van der Waals surface area contributed by atoms with E-state index in [0.29, 0.717) is 18.4 Å². The molecule has 0 saturated heterocycles. The quantitative estimate of drug-likeness (QED) is 0.872. The van der Waals surface area contributed by atoms with Crippen LogP contribution in [0.2, 0.25) is 0 Å². The second-order valence-electron chi connectivity index (χ2n) is 5.27. The van der Waals surface area contributed by atoms with E-state index in [0.717, 1.165) is 18.1 Å². The summed E-state index contributed by atoms with van der Waals surface area (Å²) in [5.41, 5.74) is 5.61. The van der Waals surface area contributed by atoms with E-state index in [2.05, 4.69) is 12.0 Å². The molecule has 1 aliphatic rings. The molecule has 0 aromatic carbocycles. The number of rotatable bonds is 4. The lowest BCUT2D eigenvalue weighted by Crippen LogP contribution is -2.09. The molecule has 0 radical (unpaired) electrons. The summed E-state index contributed by atoms with van der Waals surface area (Å²) in [5.74, 6) is 3.16. The Kier molecular flexibility index (Phi) is 4.15. The fourth-order valence-corrected chi connectivity index (χ4v) is 2.76. The Balaban J connectivity index is 2.11. The van der Waals surface area contributed by atoms with E-state index in [1.807, 2.05) is 11.7 Å². The van der Waals surface area contributed by atoms with Gasteiger partial charge in [-0.2, -0.15) is 5.10 Å². The van der Waals surface area contributed by atoms with Crippen molar-refractivity contribution in [2.24, 2.45) is 12.8 Å². The van der Waals surface area contributed by atoms with Crippen molar-refractivity contribution in [2.75, 3.05) is 6.54 Å². The Morgan fingerprint density at radius 2 is 2.06 bits per heavy atom. The van der Waals surface area contributed by atoms with Crippen LogP contribution in [0.3, 0.4) is 0 Å². The molecule has 1 heterocycles. The van der Waals surface area contributed by atoms with Crippen molar-refractivity contribution in [2.45, 2.75) is 57.3 Å². The molecule has 1 fully saturated rings. The maximum absolute atomic E-state index is 5.61. The average Bonchev–Trinajstić information content (AvgIpc) is 2.73. The summed E-state index contributed by atoms with van der Waals surface area (Å²) in [6.07, 6.45) is 7.53. The molecular formula is C13H24N4. The first-order chi connectivity index (χ1) is 8.22. The summed E-state index contributed by atoms with van der Waals surface area (Å²) in [5, 5.41) is 4.60. The van der Waals surface area contributed by atoms with E-state index >= 15 is 0 Å². The summed E-state index contributed by atoms with van der Waals surface area (Å²) in [7, 11) is 2.00. The van der Waals surface area contributed by atoms with Crippen LogP contribution in [0.5, 0.6) is 0 Å². The van der Waals surface area contributed by atoms with Crippen molar-refractivity contribution < 1.29 is 0 Å². The molecule has 4 nitrogen and oxygen atoms in total. The van der Waals surface area contributed by atoms with Crippen molar-refractivity contribution in [3.63, 3.8) is 0 Å². The molecule has 1 saturated carbocycles. The van der Waals surface area contributed by atoms with Gasteiger partial charge in [0.2, 0.25) is 0 Å². The van der Waals surface area contributed by atoms with Gasteiger partial charge in [-0.1, -0.05) is 26.2 Å². The number of hydrogen-bond acceptors (Lipinski definition) is 3. The van der Waals surface area contributed by atoms with Crippen LogP contribution in [-0.2, 0) is 7.05 Å². The lowest BCUT2D eigenvalue weighted by Gasteiger charge is -2.18. The summed E-state index contributed by atoms with van der Waals surface area (Å²) in [6, 6.07) is 0. The highest BCUT2D eigenvalue weighted by Gasteiger charge is 2.22. The lowest BCUT2D eigenvalue weighted by atomic mass is 9.89. The van der Waals surface area contributed by atoms with Crippen LogP contribution in [0.1, 0.15) is 68.9 Å². The Hall–Kier alpha value is -0.900. The van der Waals surface area contributed by atoms with Crippen LogP contribution >= 0.6 is 0 Å². The highest BCUT2D eigenvalue weighted by Crippen LogP contribution is 2.31. The van der Waals surface area contributed by atoms with E-state index < -0.39 is 0 Å². The Morgan fingerprint density at radius 3 is 2.71 bits per heavy atom. The number of aryl methyl sites for hydroxylation is 1. The molecule has 17 heavy (non-hydrogen) atoms. The number of hydrogen-bond donors (Lipinski definition) is 1. The predicted octanol–water partition coefficient (Wildman–Crippen LogP) is 2.32. The van der Waals surface area contributed by atoms with Crippen molar-refractivity contribution in [1.82, 2.24) is 14.8 Å². The molecule has 96 valence electrons. The Labute approximate surface area is 104 Å².